The minimum Gasteiger partial charge on any atom is -0.357 e. The highest BCUT2D eigenvalue weighted by Gasteiger charge is 2.31. The van der Waals surface area contributed by atoms with Crippen molar-refractivity contribution in [2.24, 2.45) is 0 Å². The molecule has 3 rings (SSSR count). The molecule has 7 nitrogen and oxygen atoms in total. The van der Waals surface area contributed by atoms with Gasteiger partial charge in [-0.25, -0.2) is 8.42 Å². The van der Waals surface area contributed by atoms with Gasteiger partial charge in [0.1, 0.15) is 12.6 Å². The van der Waals surface area contributed by atoms with Crippen LogP contribution in [0, 0.1) is 0 Å². The molecular formula is C25H29N3O4S. The zero-order chi connectivity index (χ0) is 24.0. The highest BCUT2D eigenvalue weighted by atomic mass is 32.2. The molecule has 0 heterocycles. The largest absolute Gasteiger partial charge is 0.357 e. The van der Waals surface area contributed by atoms with E-state index < -0.39 is 28.5 Å². The first-order chi connectivity index (χ1) is 15.8. The Hall–Kier alpha value is -3.39. The third kappa shape index (κ3) is 5.70. The third-order valence-electron chi connectivity index (χ3n) is 5.54. The first-order valence-electron chi connectivity index (χ1n) is 10.8. The number of nitrogens with one attached hydrogen (secondary N) is 1. The molecule has 0 saturated carbocycles. The lowest BCUT2D eigenvalue weighted by Crippen LogP contribution is -2.51. The zero-order valence-electron chi connectivity index (χ0n) is 19.1. The van der Waals surface area contributed by atoms with Gasteiger partial charge in [-0.3, -0.25) is 13.9 Å². The fourth-order valence-electron chi connectivity index (χ4n) is 3.89. The number of sulfonamides is 1. The topological polar surface area (TPSA) is 86.8 Å². The summed E-state index contributed by atoms with van der Waals surface area (Å²) in [6, 6.07) is 21.4. The molecule has 3 aromatic carbocycles. The summed E-state index contributed by atoms with van der Waals surface area (Å²) in [5, 5.41) is 4.21. The second-order valence-electron chi connectivity index (χ2n) is 7.81. The lowest BCUT2D eigenvalue weighted by Gasteiger charge is -2.32. The first-order valence-corrected chi connectivity index (χ1v) is 12.6. The van der Waals surface area contributed by atoms with Crippen molar-refractivity contribution < 1.29 is 18.0 Å². The Kier molecular flexibility index (Phi) is 7.71. The molecule has 0 radical (unpaired) electrons. The number of amides is 2. The van der Waals surface area contributed by atoms with E-state index in [1.165, 1.54) is 11.9 Å². The lowest BCUT2D eigenvalue weighted by atomic mass is 10.1. The van der Waals surface area contributed by atoms with Gasteiger partial charge in [0.2, 0.25) is 21.8 Å². The van der Waals surface area contributed by atoms with Crippen molar-refractivity contribution >= 4 is 38.3 Å². The van der Waals surface area contributed by atoms with Crippen LogP contribution in [0.1, 0.15) is 18.9 Å². The molecule has 0 aliphatic rings. The molecule has 1 N–H and O–H groups in total. The predicted octanol–water partition coefficient (Wildman–Crippen LogP) is 3.16. The average molecular weight is 468 g/mol. The van der Waals surface area contributed by atoms with E-state index in [1.54, 1.807) is 12.1 Å². The molecule has 33 heavy (non-hydrogen) atoms. The number of carbonyl (C=O) groups is 2. The summed E-state index contributed by atoms with van der Waals surface area (Å²) in [6.45, 7) is 1.61. The van der Waals surface area contributed by atoms with E-state index in [1.807, 2.05) is 67.6 Å². The summed E-state index contributed by atoms with van der Waals surface area (Å²) < 4.78 is 26.7. The number of hydrogen-bond acceptors (Lipinski definition) is 4. The van der Waals surface area contributed by atoms with Crippen LogP contribution in [0.25, 0.3) is 10.8 Å². The van der Waals surface area contributed by atoms with Crippen LogP contribution in [0.4, 0.5) is 5.69 Å². The van der Waals surface area contributed by atoms with Gasteiger partial charge in [0.05, 0.1) is 11.9 Å². The van der Waals surface area contributed by atoms with E-state index in [0.29, 0.717) is 12.1 Å². The third-order valence-corrected chi connectivity index (χ3v) is 6.67. The average Bonchev–Trinajstić information content (AvgIpc) is 2.81. The number of nitrogens with zero attached hydrogens (tertiary/aromatic N) is 2. The van der Waals surface area contributed by atoms with Crippen LogP contribution in [0.5, 0.6) is 0 Å². The van der Waals surface area contributed by atoms with E-state index in [9.17, 15) is 18.0 Å². The maximum absolute atomic E-state index is 13.6. The highest BCUT2D eigenvalue weighted by molar-refractivity contribution is 7.92. The number of hydrogen-bond donors (Lipinski definition) is 1. The van der Waals surface area contributed by atoms with Crippen molar-refractivity contribution in [3.05, 3.63) is 78.4 Å². The van der Waals surface area contributed by atoms with Crippen LogP contribution in [-0.4, -0.2) is 51.0 Å². The Balaban J connectivity index is 2.02. The summed E-state index contributed by atoms with van der Waals surface area (Å²) in [6.07, 6.45) is 1.48. The molecule has 174 valence electrons. The molecule has 0 aliphatic heterocycles. The molecule has 1 atom stereocenters. The molecule has 0 saturated heterocycles. The van der Waals surface area contributed by atoms with Gasteiger partial charge >= 0.3 is 0 Å². The smallest absolute Gasteiger partial charge is 0.244 e. The molecule has 0 bridgehead atoms. The van der Waals surface area contributed by atoms with Gasteiger partial charge in [0.25, 0.3) is 0 Å². The van der Waals surface area contributed by atoms with E-state index in [2.05, 4.69) is 5.32 Å². The van der Waals surface area contributed by atoms with Gasteiger partial charge < -0.3 is 10.2 Å². The second-order valence-corrected chi connectivity index (χ2v) is 9.72. The highest BCUT2D eigenvalue weighted by Crippen LogP contribution is 2.28. The van der Waals surface area contributed by atoms with Gasteiger partial charge in [0.15, 0.2) is 0 Å². The van der Waals surface area contributed by atoms with E-state index in [0.717, 1.165) is 26.9 Å². The van der Waals surface area contributed by atoms with Gasteiger partial charge in [0, 0.05) is 19.0 Å². The second kappa shape index (κ2) is 10.5. The van der Waals surface area contributed by atoms with Crippen LogP contribution in [-0.2, 0) is 26.2 Å². The van der Waals surface area contributed by atoms with E-state index >= 15 is 0 Å². The lowest BCUT2D eigenvalue weighted by molar-refractivity contribution is -0.140. The Morgan fingerprint density at radius 3 is 2.21 bits per heavy atom. The maximum atomic E-state index is 13.6. The number of benzene rings is 3. The monoisotopic (exact) mass is 467 g/mol. The molecule has 8 heteroatoms. The summed E-state index contributed by atoms with van der Waals surface area (Å²) in [5.74, 6) is -0.745. The van der Waals surface area contributed by atoms with Crippen molar-refractivity contribution in [1.29, 1.82) is 0 Å². The predicted molar refractivity (Wildman–Crippen MR) is 131 cm³/mol. The maximum Gasteiger partial charge on any atom is 0.244 e. The standard InChI is InChI=1S/C25H29N3O4S/c1-4-22(25(30)26-2)27(17-19-11-6-5-7-12-19)24(29)18-28(33(3,31)32)23-16-10-14-20-13-8-9-15-21(20)23/h5-16,22H,4,17-18H2,1-3H3,(H,26,30)/t22-/m0/s1. The minimum atomic E-state index is -3.78. The summed E-state index contributed by atoms with van der Waals surface area (Å²) in [5.41, 5.74) is 1.28. The van der Waals surface area contributed by atoms with Crippen LogP contribution in [0.15, 0.2) is 72.8 Å². The summed E-state index contributed by atoms with van der Waals surface area (Å²) in [4.78, 5) is 27.6. The van der Waals surface area contributed by atoms with Crippen molar-refractivity contribution in [1.82, 2.24) is 10.2 Å². The van der Waals surface area contributed by atoms with Gasteiger partial charge in [-0.2, -0.15) is 0 Å². The molecule has 0 aromatic heterocycles. The van der Waals surface area contributed by atoms with E-state index in [4.69, 9.17) is 0 Å². The van der Waals surface area contributed by atoms with Crippen molar-refractivity contribution in [2.45, 2.75) is 25.9 Å². The van der Waals surface area contributed by atoms with Crippen molar-refractivity contribution in [2.75, 3.05) is 24.2 Å². The van der Waals surface area contributed by atoms with Crippen molar-refractivity contribution in [3.8, 4) is 0 Å². The summed E-state index contributed by atoms with van der Waals surface area (Å²) >= 11 is 0. The molecule has 3 aromatic rings. The Morgan fingerprint density at radius 2 is 1.58 bits per heavy atom. The quantitative estimate of drug-likeness (QED) is 0.524. The Morgan fingerprint density at radius 1 is 0.939 bits per heavy atom. The molecule has 2 amide bonds. The number of likely N-dealkylation sites (N-methyl/N-ethyl adjacent to an activating group) is 1. The van der Waals surface area contributed by atoms with Crippen LogP contribution in [0.2, 0.25) is 0 Å². The SMILES string of the molecule is CC[C@@H](C(=O)NC)N(Cc1ccccc1)C(=O)CN(c1cccc2ccccc12)S(C)(=O)=O. The summed E-state index contributed by atoms with van der Waals surface area (Å²) in [7, 11) is -2.26. The van der Waals surface area contributed by atoms with Crippen LogP contribution in [0.3, 0.4) is 0 Å². The van der Waals surface area contributed by atoms with Crippen LogP contribution >= 0.6 is 0 Å². The Labute approximate surface area is 195 Å². The minimum absolute atomic E-state index is 0.193. The number of carbonyl (C=O) groups excluding carboxylic acids is 2. The molecule has 0 unspecified atom stereocenters. The molecule has 0 spiro atoms. The molecular weight excluding hydrogens is 438 g/mol. The fourth-order valence-corrected chi connectivity index (χ4v) is 4.75. The fraction of sp³-hybridized carbons (Fsp3) is 0.280. The number of fused-ring (bicyclic) bond motifs is 1. The Bertz CT molecular complexity index is 1220. The van der Waals surface area contributed by atoms with Gasteiger partial charge in [-0.05, 0) is 23.4 Å². The first kappa shape index (κ1) is 24.3. The van der Waals surface area contributed by atoms with E-state index in [-0.39, 0.29) is 12.5 Å². The number of anilines is 1. The number of rotatable bonds is 9. The van der Waals surface area contributed by atoms with Crippen LogP contribution < -0.4 is 9.62 Å². The molecule has 0 fully saturated rings. The van der Waals surface area contributed by atoms with Crippen molar-refractivity contribution in [3.63, 3.8) is 0 Å². The van der Waals surface area contributed by atoms with Gasteiger partial charge in [-0.15, -0.1) is 0 Å². The molecule has 0 aliphatic carbocycles. The van der Waals surface area contributed by atoms with Gasteiger partial charge in [-0.1, -0.05) is 73.7 Å². The zero-order valence-corrected chi connectivity index (χ0v) is 19.9. The normalized spacial score (nSPS) is 12.2.